The number of hydrogen-bond acceptors (Lipinski definition) is 4. The minimum Gasteiger partial charge on any atom is -0.493 e. The van der Waals surface area contributed by atoms with Crippen LogP contribution < -0.4 is 19.1 Å². The highest BCUT2D eigenvalue weighted by Crippen LogP contribution is 2.37. The molecule has 0 spiro atoms. The summed E-state index contributed by atoms with van der Waals surface area (Å²) in [5.74, 6) is 4.64. The summed E-state index contributed by atoms with van der Waals surface area (Å²) >= 11 is 2.04. The Hall–Kier alpha value is -1.07. The molecule has 1 aromatic rings. The minimum atomic E-state index is 0.665. The Morgan fingerprint density at radius 1 is 1.00 bits per heavy atom. The molecular weight excluding hydrogens is 262 g/mol. The predicted molar refractivity (Wildman–Crippen MR) is 77.8 cm³/mol. The van der Waals surface area contributed by atoms with Crippen LogP contribution in [0.15, 0.2) is 12.1 Å². The van der Waals surface area contributed by atoms with Crippen LogP contribution in [0, 0.1) is 0 Å². The Bertz CT molecular complexity index is 394. The lowest BCUT2D eigenvalue weighted by molar-refractivity contribution is -0.910. The van der Waals surface area contributed by atoms with E-state index < -0.39 is 0 Å². The zero-order chi connectivity index (χ0) is 13.7. The Balaban J connectivity index is 2.20. The molecular formula is C14H22NO3S+. The van der Waals surface area contributed by atoms with Crippen LogP contribution in [0.3, 0.4) is 0 Å². The van der Waals surface area contributed by atoms with Gasteiger partial charge >= 0.3 is 0 Å². The lowest BCUT2D eigenvalue weighted by Gasteiger charge is -2.24. The normalized spacial score (nSPS) is 16.2. The van der Waals surface area contributed by atoms with Crippen LogP contribution in [0.25, 0.3) is 0 Å². The standard InChI is InChI=1S/C14H21NO3S/c1-16-12-8-11(9-13(17-2)14(12)18-3)10-15-4-6-19-7-5-15/h8-9H,4-7,10H2,1-3H3/p+1. The van der Waals surface area contributed by atoms with Crippen molar-refractivity contribution in [2.45, 2.75) is 6.54 Å². The van der Waals surface area contributed by atoms with Gasteiger partial charge in [-0.25, -0.2) is 0 Å². The molecule has 0 bridgehead atoms. The van der Waals surface area contributed by atoms with Crippen molar-refractivity contribution < 1.29 is 19.1 Å². The zero-order valence-corrected chi connectivity index (χ0v) is 12.6. The van der Waals surface area contributed by atoms with Gasteiger partial charge in [0.1, 0.15) is 6.54 Å². The van der Waals surface area contributed by atoms with E-state index in [0.717, 1.165) is 18.0 Å². The van der Waals surface area contributed by atoms with Gasteiger partial charge in [-0.1, -0.05) is 0 Å². The summed E-state index contributed by atoms with van der Waals surface area (Å²) in [4.78, 5) is 1.62. The summed E-state index contributed by atoms with van der Waals surface area (Å²) in [6, 6.07) is 4.10. The fourth-order valence-electron chi connectivity index (χ4n) is 2.36. The molecule has 0 aliphatic carbocycles. The first-order valence-electron chi connectivity index (χ1n) is 6.48. The third kappa shape index (κ3) is 3.48. The van der Waals surface area contributed by atoms with E-state index in [1.165, 1.54) is 30.2 Å². The highest BCUT2D eigenvalue weighted by Gasteiger charge is 2.18. The lowest BCUT2D eigenvalue weighted by atomic mass is 10.1. The molecule has 1 fully saturated rings. The highest BCUT2D eigenvalue weighted by molar-refractivity contribution is 7.99. The van der Waals surface area contributed by atoms with Crippen LogP contribution in [0.1, 0.15) is 5.56 Å². The average Bonchev–Trinajstić information content (AvgIpc) is 2.47. The van der Waals surface area contributed by atoms with Gasteiger partial charge in [-0.05, 0) is 12.1 Å². The molecule has 1 saturated heterocycles. The minimum absolute atomic E-state index is 0.665. The molecule has 5 heteroatoms. The average molecular weight is 284 g/mol. The Morgan fingerprint density at radius 3 is 2.05 bits per heavy atom. The summed E-state index contributed by atoms with van der Waals surface area (Å²) in [5, 5.41) is 0. The Morgan fingerprint density at radius 2 is 1.58 bits per heavy atom. The topological polar surface area (TPSA) is 32.1 Å². The van der Waals surface area contributed by atoms with E-state index >= 15 is 0 Å². The number of nitrogens with one attached hydrogen (secondary N) is 1. The first-order chi connectivity index (χ1) is 9.28. The molecule has 2 rings (SSSR count). The molecule has 1 heterocycles. The van der Waals surface area contributed by atoms with Crippen LogP contribution in [0.5, 0.6) is 17.2 Å². The Kier molecular flexibility index (Phi) is 5.22. The molecule has 0 unspecified atom stereocenters. The summed E-state index contributed by atoms with van der Waals surface area (Å²) < 4.78 is 16.1. The molecule has 0 atom stereocenters. The lowest BCUT2D eigenvalue weighted by Crippen LogP contribution is -3.12. The molecule has 106 valence electrons. The number of methoxy groups -OCH3 is 3. The molecule has 1 N–H and O–H groups in total. The second-order valence-corrected chi connectivity index (χ2v) is 5.80. The van der Waals surface area contributed by atoms with Crippen molar-refractivity contribution >= 4 is 11.8 Å². The van der Waals surface area contributed by atoms with Crippen molar-refractivity contribution in [1.29, 1.82) is 0 Å². The van der Waals surface area contributed by atoms with Gasteiger partial charge in [0.15, 0.2) is 11.5 Å². The van der Waals surface area contributed by atoms with Crippen LogP contribution >= 0.6 is 11.8 Å². The van der Waals surface area contributed by atoms with Gasteiger partial charge in [-0.15, -0.1) is 0 Å². The second-order valence-electron chi connectivity index (χ2n) is 4.57. The zero-order valence-electron chi connectivity index (χ0n) is 11.8. The molecule has 0 saturated carbocycles. The highest BCUT2D eigenvalue weighted by atomic mass is 32.2. The maximum absolute atomic E-state index is 5.39. The van der Waals surface area contributed by atoms with E-state index in [-0.39, 0.29) is 0 Å². The van der Waals surface area contributed by atoms with Gasteiger partial charge in [0, 0.05) is 17.1 Å². The van der Waals surface area contributed by atoms with E-state index in [1.807, 2.05) is 11.8 Å². The summed E-state index contributed by atoms with van der Waals surface area (Å²) in [6.45, 7) is 3.46. The third-order valence-electron chi connectivity index (χ3n) is 3.38. The van der Waals surface area contributed by atoms with Gasteiger partial charge in [-0.3, -0.25) is 0 Å². The first kappa shape index (κ1) is 14.3. The van der Waals surface area contributed by atoms with Crippen molar-refractivity contribution in [3.8, 4) is 17.2 Å². The number of thioether (sulfide) groups is 1. The second kappa shape index (κ2) is 6.91. The monoisotopic (exact) mass is 284 g/mol. The van der Waals surface area contributed by atoms with Gasteiger partial charge in [0.05, 0.1) is 34.4 Å². The molecule has 0 radical (unpaired) electrons. The largest absolute Gasteiger partial charge is 0.493 e. The molecule has 0 amide bonds. The van der Waals surface area contributed by atoms with Crippen LogP contribution in [-0.2, 0) is 6.54 Å². The third-order valence-corrected chi connectivity index (χ3v) is 4.36. The van der Waals surface area contributed by atoms with Gasteiger partial charge in [0.25, 0.3) is 0 Å². The maximum atomic E-state index is 5.39. The summed E-state index contributed by atoms with van der Waals surface area (Å²) in [7, 11) is 4.95. The molecule has 1 aliphatic heterocycles. The number of benzene rings is 1. The quantitative estimate of drug-likeness (QED) is 0.868. The van der Waals surface area contributed by atoms with Gasteiger partial charge in [-0.2, -0.15) is 11.8 Å². The van der Waals surface area contributed by atoms with Crippen molar-refractivity contribution in [3.05, 3.63) is 17.7 Å². The van der Waals surface area contributed by atoms with Crippen LogP contribution in [0.4, 0.5) is 0 Å². The molecule has 0 aromatic heterocycles. The van der Waals surface area contributed by atoms with Crippen molar-refractivity contribution in [3.63, 3.8) is 0 Å². The van der Waals surface area contributed by atoms with E-state index in [2.05, 4.69) is 12.1 Å². The van der Waals surface area contributed by atoms with Crippen molar-refractivity contribution in [2.24, 2.45) is 0 Å². The fraction of sp³-hybridized carbons (Fsp3) is 0.571. The van der Waals surface area contributed by atoms with E-state index in [0.29, 0.717) is 5.75 Å². The SMILES string of the molecule is COc1cc(C[NH+]2CCSCC2)cc(OC)c1OC. The predicted octanol–water partition coefficient (Wildman–Crippen LogP) is 0.844. The van der Waals surface area contributed by atoms with E-state index in [1.54, 1.807) is 26.2 Å². The van der Waals surface area contributed by atoms with Crippen molar-refractivity contribution in [1.82, 2.24) is 0 Å². The van der Waals surface area contributed by atoms with Gasteiger partial charge < -0.3 is 19.1 Å². The molecule has 1 aliphatic rings. The number of rotatable bonds is 5. The number of hydrogen-bond donors (Lipinski definition) is 1. The fourth-order valence-corrected chi connectivity index (χ4v) is 3.43. The summed E-state index contributed by atoms with van der Waals surface area (Å²) in [6.07, 6.45) is 0. The van der Waals surface area contributed by atoms with Gasteiger partial charge in [0.2, 0.25) is 5.75 Å². The summed E-state index contributed by atoms with van der Waals surface area (Å²) in [5.41, 5.74) is 1.23. The van der Waals surface area contributed by atoms with E-state index in [4.69, 9.17) is 14.2 Å². The van der Waals surface area contributed by atoms with Crippen LogP contribution in [0.2, 0.25) is 0 Å². The van der Waals surface area contributed by atoms with Crippen molar-refractivity contribution in [2.75, 3.05) is 45.9 Å². The number of ether oxygens (including phenoxy) is 3. The first-order valence-corrected chi connectivity index (χ1v) is 7.64. The van der Waals surface area contributed by atoms with E-state index in [9.17, 15) is 0 Å². The smallest absolute Gasteiger partial charge is 0.203 e. The molecule has 4 nitrogen and oxygen atoms in total. The molecule has 1 aromatic carbocycles. The van der Waals surface area contributed by atoms with Crippen LogP contribution in [-0.4, -0.2) is 45.9 Å². The molecule has 19 heavy (non-hydrogen) atoms. The number of quaternary nitrogens is 1. The Labute approximate surface area is 119 Å². The maximum Gasteiger partial charge on any atom is 0.203 e.